The molecule has 0 saturated heterocycles. The molecule has 0 spiro atoms. The van der Waals surface area contributed by atoms with E-state index in [1.807, 2.05) is 31.2 Å². The summed E-state index contributed by atoms with van der Waals surface area (Å²) in [5, 5.41) is 0.683. The molecule has 5 heteroatoms. The summed E-state index contributed by atoms with van der Waals surface area (Å²) < 4.78 is 5.72. The van der Waals surface area contributed by atoms with Gasteiger partial charge in [-0.1, -0.05) is 11.6 Å². The van der Waals surface area contributed by atoms with Crippen molar-refractivity contribution < 1.29 is 4.74 Å². The van der Waals surface area contributed by atoms with Crippen molar-refractivity contribution in [2.24, 2.45) is 0 Å². The van der Waals surface area contributed by atoms with Gasteiger partial charge in [0.15, 0.2) is 0 Å². The number of H-pyrrole nitrogens is 1. The van der Waals surface area contributed by atoms with Gasteiger partial charge in [-0.3, -0.25) is 0 Å². The predicted molar refractivity (Wildman–Crippen MR) is 76.8 cm³/mol. The number of nitrogens with zero attached hydrogens (tertiary/aromatic N) is 1. The number of nitrogens with two attached hydrogens (primary N) is 1. The Morgan fingerprint density at radius 2 is 2.05 bits per heavy atom. The standard InChI is InChI=1S/C14H12ClN3O/c1-8-6-9(15)2-5-13(8)19-14-17-11-4-3-10(16)7-12(11)18-14/h2-7H,16H2,1H3,(H,17,18). The average Bonchev–Trinajstić information content (AvgIpc) is 2.74. The average molecular weight is 274 g/mol. The Morgan fingerprint density at radius 1 is 1.21 bits per heavy atom. The maximum absolute atomic E-state index is 5.91. The molecule has 0 amide bonds. The summed E-state index contributed by atoms with van der Waals surface area (Å²) in [7, 11) is 0. The Kier molecular flexibility index (Phi) is 2.80. The highest BCUT2D eigenvalue weighted by atomic mass is 35.5. The summed E-state index contributed by atoms with van der Waals surface area (Å²) in [6.07, 6.45) is 0. The zero-order valence-corrected chi connectivity index (χ0v) is 11.0. The first-order valence-corrected chi connectivity index (χ1v) is 6.19. The van der Waals surface area contributed by atoms with Gasteiger partial charge in [0.25, 0.3) is 6.01 Å². The first-order chi connectivity index (χ1) is 9.11. The van der Waals surface area contributed by atoms with E-state index in [0.29, 0.717) is 16.7 Å². The first-order valence-electron chi connectivity index (χ1n) is 5.81. The number of imidazole rings is 1. The molecule has 0 saturated carbocycles. The second-order valence-corrected chi connectivity index (χ2v) is 4.77. The molecule has 0 bridgehead atoms. The molecule has 1 heterocycles. The second-order valence-electron chi connectivity index (χ2n) is 4.33. The number of rotatable bonds is 2. The van der Waals surface area contributed by atoms with Crippen molar-refractivity contribution in [1.82, 2.24) is 9.97 Å². The Balaban J connectivity index is 1.96. The number of nitrogens with one attached hydrogen (secondary N) is 1. The van der Waals surface area contributed by atoms with Crippen LogP contribution in [0.1, 0.15) is 5.56 Å². The van der Waals surface area contributed by atoms with Crippen molar-refractivity contribution in [3.63, 3.8) is 0 Å². The molecule has 0 aliphatic heterocycles. The fourth-order valence-corrected chi connectivity index (χ4v) is 2.11. The summed E-state index contributed by atoms with van der Waals surface area (Å²) in [4.78, 5) is 7.43. The van der Waals surface area contributed by atoms with Crippen LogP contribution in [0.25, 0.3) is 11.0 Å². The van der Waals surface area contributed by atoms with Crippen LogP contribution in [0, 0.1) is 6.92 Å². The van der Waals surface area contributed by atoms with Crippen molar-refractivity contribution in [1.29, 1.82) is 0 Å². The van der Waals surface area contributed by atoms with Crippen molar-refractivity contribution in [3.8, 4) is 11.8 Å². The summed E-state index contributed by atoms with van der Waals surface area (Å²) in [6.45, 7) is 1.93. The van der Waals surface area contributed by atoms with E-state index in [2.05, 4.69) is 9.97 Å². The molecule has 0 aliphatic rings. The highest BCUT2D eigenvalue weighted by Gasteiger charge is 2.07. The maximum Gasteiger partial charge on any atom is 0.300 e. The van der Waals surface area contributed by atoms with Gasteiger partial charge >= 0.3 is 0 Å². The molecular formula is C14H12ClN3O. The van der Waals surface area contributed by atoms with Crippen molar-refractivity contribution in [3.05, 3.63) is 47.0 Å². The van der Waals surface area contributed by atoms with Crippen LogP contribution in [0.2, 0.25) is 5.02 Å². The lowest BCUT2D eigenvalue weighted by Gasteiger charge is -2.05. The number of halogens is 1. The highest BCUT2D eigenvalue weighted by Crippen LogP contribution is 2.27. The van der Waals surface area contributed by atoms with Gasteiger partial charge in [0.05, 0.1) is 11.0 Å². The number of hydrogen-bond acceptors (Lipinski definition) is 3. The topological polar surface area (TPSA) is 63.9 Å². The highest BCUT2D eigenvalue weighted by molar-refractivity contribution is 6.30. The molecule has 3 N–H and O–H groups in total. The van der Waals surface area contributed by atoms with Crippen LogP contribution in [0.3, 0.4) is 0 Å². The maximum atomic E-state index is 5.91. The quantitative estimate of drug-likeness (QED) is 0.696. The molecule has 1 aromatic heterocycles. The van der Waals surface area contributed by atoms with E-state index >= 15 is 0 Å². The fourth-order valence-electron chi connectivity index (χ4n) is 1.88. The summed E-state index contributed by atoms with van der Waals surface area (Å²) >= 11 is 5.91. The van der Waals surface area contributed by atoms with E-state index in [1.165, 1.54) is 0 Å². The van der Waals surface area contributed by atoms with Crippen LogP contribution in [-0.2, 0) is 0 Å². The number of hydrogen-bond donors (Lipinski definition) is 2. The van der Waals surface area contributed by atoms with Crippen molar-refractivity contribution in [2.45, 2.75) is 6.92 Å². The molecule has 2 aromatic carbocycles. The number of nitrogen functional groups attached to an aromatic ring is 1. The SMILES string of the molecule is Cc1cc(Cl)ccc1Oc1nc2ccc(N)cc2[nH]1. The van der Waals surface area contributed by atoms with Gasteiger partial charge in [-0.25, -0.2) is 0 Å². The van der Waals surface area contributed by atoms with Gasteiger partial charge in [0.2, 0.25) is 0 Å². The zero-order valence-electron chi connectivity index (χ0n) is 10.3. The third kappa shape index (κ3) is 2.35. The molecule has 3 aromatic rings. The number of fused-ring (bicyclic) bond motifs is 1. The summed E-state index contributed by atoms with van der Waals surface area (Å²) in [5.41, 5.74) is 9.02. The number of aromatic amines is 1. The lowest BCUT2D eigenvalue weighted by atomic mass is 10.2. The Morgan fingerprint density at radius 3 is 2.84 bits per heavy atom. The number of aryl methyl sites for hydroxylation is 1. The fraction of sp³-hybridized carbons (Fsp3) is 0.0714. The van der Waals surface area contributed by atoms with Crippen molar-refractivity contribution in [2.75, 3.05) is 5.73 Å². The molecule has 19 heavy (non-hydrogen) atoms. The van der Waals surface area contributed by atoms with Crippen LogP contribution in [0.5, 0.6) is 11.8 Å². The van der Waals surface area contributed by atoms with Crippen molar-refractivity contribution >= 4 is 28.3 Å². The Labute approximate surface area is 115 Å². The van der Waals surface area contributed by atoms with Gasteiger partial charge in [-0.05, 0) is 48.9 Å². The van der Waals surface area contributed by atoms with Gasteiger partial charge in [0, 0.05) is 10.7 Å². The van der Waals surface area contributed by atoms with E-state index in [9.17, 15) is 0 Å². The molecule has 0 unspecified atom stereocenters. The third-order valence-corrected chi connectivity index (χ3v) is 3.06. The van der Waals surface area contributed by atoms with E-state index in [-0.39, 0.29) is 0 Å². The molecule has 0 radical (unpaired) electrons. The number of aromatic nitrogens is 2. The van der Waals surface area contributed by atoms with E-state index < -0.39 is 0 Å². The second kappa shape index (κ2) is 4.48. The summed E-state index contributed by atoms with van der Waals surface area (Å²) in [6, 6.07) is 11.4. The molecule has 0 aliphatic carbocycles. The van der Waals surface area contributed by atoms with Gasteiger partial charge in [-0.15, -0.1) is 0 Å². The molecule has 3 rings (SSSR count). The van der Waals surface area contributed by atoms with Gasteiger partial charge in [0.1, 0.15) is 5.75 Å². The number of anilines is 1. The van der Waals surface area contributed by atoms with E-state index in [4.69, 9.17) is 22.1 Å². The predicted octanol–water partition coefficient (Wildman–Crippen LogP) is 3.90. The molecule has 4 nitrogen and oxygen atoms in total. The zero-order chi connectivity index (χ0) is 13.4. The van der Waals surface area contributed by atoms with Gasteiger partial charge in [-0.2, -0.15) is 4.98 Å². The molecule has 0 fully saturated rings. The smallest absolute Gasteiger partial charge is 0.300 e. The van der Waals surface area contributed by atoms with E-state index in [1.54, 1.807) is 12.1 Å². The van der Waals surface area contributed by atoms with Crippen LogP contribution in [0.4, 0.5) is 5.69 Å². The molecule has 96 valence electrons. The van der Waals surface area contributed by atoms with Crippen LogP contribution >= 0.6 is 11.6 Å². The van der Waals surface area contributed by atoms with E-state index in [0.717, 1.165) is 22.3 Å². The van der Waals surface area contributed by atoms with Gasteiger partial charge < -0.3 is 15.5 Å². The minimum absolute atomic E-state index is 0.436. The Hall–Kier alpha value is -2.20. The Bertz CT molecular complexity index is 752. The lowest BCUT2D eigenvalue weighted by Crippen LogP contribution is -1.88. The van der Waals surface area contributed by atoms with Crippen LogP contribution in [0.15, 0.2) is 36.4 Å². The van der Waals surface area contributed by atoms with Crippen LogP contribution in [-0.4, -0.2) is 9.97 Å². The summed E-state index contributed by atoms with van der Waals surface area (Å²) in [5.74, 6) is 0.719. The first kappa shape index (κ1) is 11.9. The number of ether oxygens (including phenoxy) is 1. The minimum atomic E-state index is 0.436. The monoisotopic (exact) mass is 273 g/mol. The number of benzene rings is 2. The van der Waals surface area contributed by atoms with Crippen LogP contribution < -0.4 is 10.5 Å². The normalized spacial score (nSPS) is 10.8. The minimum Gasteiger partial charge on any atom is -0.425 e. The largest absolute Gasteiger partial charge is 0.425 e. The third-order valence-electron chi connectivity index (χ3n) is 2.83. The molecule has 0 atom stereocenters. The molecular weight excluding hydrogens is 262 g/mol. The lowest BCUT2D eigenvalue weighted by molar-refractivity contribution is 0.446.